The zero-order valence-electron chi connectivity index (χ0n) is 17.8. The Hall–Kier alpha value is -2.26. The van der Waals surface area contributed by atoms with Crippen LogP contribution in [0.5, 0.6) is 0 Å². The molecule has 3 rings (SSSR count). The van der Waals surface area contributed by atoms with E-state index in [1.807, 2.05) is 12.3 Å². The molecule has 0 fully saturated rings. The van der Waals surface area contributed by atoms with Crippen LogP contribution in [0, 0.1) is 0 Å². The second-order valence-electron chi connectivity index (χ2n) is 8.29. The number of hydrogen-bond acceptors (Lipinski definition) is 3. The molecule has 3 heteroatoms. The van der Waals surface area contributed by atoms with E-state index in [1.165, 1.54) is 22.3 Å². The SMILES string of the molecule is C=CC(=C)c1nccc2nc(-c3c(C(C)C)cc(C(C)C)cc3C(C)C)sc12. The lowest BCUT2D eigenvalue weighted by Gasteiger charge is -2.21. The molecule has 146 valence electrons. The van der Waals surface area contributed by atoms with Gasteiger partial charge in [-0.3, -0.25) is 4.98 Å². The van der Waals surface area contributed by atoms with E-state index >= 15 is 0 Å². The Bertz CT molecular complexity index is 1010. The molecule has 2 heterocycles. The van der Waals surface area contributed by atoms with Crippen LogP contribution in [0.2, 0.25) is 0 Å². The van der Waals surface area contributed by atoms with E-state index in [1.54, 1.807) is 17.4 Å². The van der Waals surface area contributed by atoms with Gasteiger partial charge in [-0.1, -0.05) is 72.9 Å². The van der Waals surface area contributed by atoms with Crippen molar-refractivity contribution in [2.75, 3.05) is 0 Å². The number of allylic oxidation sites excluding steroid dienone is 2. The second-order valence-corrected chi connectivity index (χ2v) is 9.29. The molecule has 0 aliphatic heterocycles. The number of rotatable bonds is 6. The van der Waals surface area contributed by atoms with Gasteiger partial charge >= 0.3 is 0 Å². The maximum Gasteiger partial charge on any atom is 0.125 e. The van der Waals surface area contributed by atoms with Crippen molar-refractivity contribution in [2.45, 2.75) is 59.3 Å². The van der Waals surface area contributed by atoms with Crippen molar-refractivity contribution < 1.29 is 0 Å². The van der Waals surface area contributed by atoms with E-state index in [0.717, 1.165) is 26.5 Å². The number of thiazole rings is 1. The minimum absolute atomic E-state index is 0.430. The fourth-order valence-electron chi connectivity index (χ4n) is 3.49. The molecule has 2 aromatic heterocycles. The zero-order chi connectivity index (χ0) is 20.6. The van der Waals surface area contributed by atoms with Crippen molar-refractivity contribution in [3.63, 3.8) is 0 Å². The van der Waals surface area contributed by atoms with Crippen LogP contribution in [0.3, 0.4) is 0 Å². The normalized spacial score (nSPS) is 11.8. The van der Waals surface area contributed by atoms with Crippen LogP contribution < -0.4 is 0 Å². The lowest BCUT2D eigenvalue weighted by molar-refractivity contribution is 0.807. The third-order valence-electron chi connectivity index (χ3n) is 5.20. The molecule has 0 saturated carbocycles. The van der Waals surface area contributed by atoms with Gasteiger partial charge in [0, 0.05) is 11.8 Å². The summed E-state index contributed by atoms with van der Waals surface area (Å²) in [5.74, 6) is 1.36. The van der Waals surface area contributed by atoms with E-state index < -0.39 is 0 Å². The molecule has 3 aromatic rings. The van der Waals surface area contributed by atoms with Gasteiger partial charge in [0.2, 0.25) is 0 Å². The summed E-state index contributed by atoms with van der Waals surface area (Å²) in [4.78, 5) is 9.56. The van der Waals surface area contributed by atoms with Gasteiger partial charge in [0.25, 0.3) is 0 Å². The molecule has 0 spiro atoms. The molecular formula is C25H30N2S. The summed E-state index contributed by atoms with van der Waals surface area (Å²) < 4.78 is 1.08. The topological polar surface area (TPSA) is 25.8 Å². The summed E-state index contributed by atoms with van der Waals surface area (Å²) in [7, 11) is 0. The van der Waals surface area contributed by atoms with Crippen molar-refractivity contribution in [3.8, 4) is 10.6 Å². The van der Waals surface area contributed by atoms with Gasteiger partial charge in [-0.15, -0.1) is 11.3 Å². The highest BCUT2D eigenvalue weighted by molar-refractivity contribution is 7.22. The molecule has 0 aliphatic rings. The van der Waals surface area contributed by atoms with Crippen LogP contribution in [-0.2, 0) is 0 Å². The standard InChI is InChI=1S/C25H30N2S/c1-9-17(8)23-24-21(10-11-26-23)27-25(28-24)22-19(15(4)5)12-18(14(2)3)13-20(22)16(6)7/h9-16H,1,8H2,2-7H3. The molecule has 0 aliphatic carbocycles. The highest BCUT2D eigenvalue weighted by Crippen LogP contribution is 2.42. The van der Waals surface area contributed by atoms with Gasteiger partial charge in [-0.05, 0) is 46.1 Å². The number of nitrogens with zero attached hydrogens (tertiary/aromatic N) is 2. The summed E-state index contributed by atoms with van der Waals surface area (Å²) in [6.07, 6.45) is 3.57. The van der Waals surface area contributed by atoms with Gasteiger partial charge in [0.05, 0.1) is 15.9 Å². The lowest BCUT2D eigenvalue weighted by Crippen LogP contribution is -2.03. The third kappa shape index (κ3) is 3.68. The molecule has 0 bridgehead atoms. The molecule has 0 N–H and O–H groups in total. The van der Waals surface area contributed by atoms with Gasteiger partial charge in [-0.25, -0.2) is 4.98 Å². The lowest BCUT2D eigenvalue weighted by atomic mass is 9.84. The Morgan fingerprint density at radius 1 is 1.00 bits per heavy atom. The van der Waals surface area contributed by atoms with Crippen LogP contribution in [-0.4, -0.2) is 9.97 Å². The van der Waals surface area contributed by atoms with E-state index in [2.05, 4.69) is 71.8 Å². The second kappa shape index (κ2) is 8.00. The van der Waals surface area contributed by atoms with Crippen LogP contribution in [0.4, 0.5) is 0 Å². The number of hydrogen-bond donors (Lipinski definition) is 0. The number of aromatic nitrogens is 2. The maximum atomic E-state index is 5.02. The first-order valence-electron chi connectivity index (χ1n) is 9.99. The Morgan fingerprint density at radius 2 is 1.61 bits per heavy atom. The minimum Gasteiger partial charge on any atom is -0.255 e. The quantitative estimate of drug-likeness (QED) is 0.399. The Labute approximate surface area is 173 Å². The number of pyridine rings is 1. The molecule has 2 nitrogen and oxygen atoms in total. The van der Waals surface area contributed by atoms with E-state index in [-0.39, 0.29) is 0 Å². The van der Waals surface area contributed by atoms with Gasteiger partial charge in [0.15, 0.2) is 0 Å². The summed E-state index contributed by atoms with van der Waals surface area (Å²) in [6, 6.07) is 6.75. The van der Waals surface area contributed by atoms with Crippen molar-refractivity contribution in [3.05, 3.63) is 66.0 Å². The molecule has 1 aromatic carbocycles. The number of benzene rings is 1. The predicted molar refractivity (Wildman–Crippen MR) is 124 cm³/mol. The fourth-order valence-corrected chi connectivity index (χ4v) is 4.66. The molecule has 0 amide bonds. The maximum absolute atomic E-state index is 5.02. The minimum atomic E-state index is 0.430. The van der Waals surface area contributed by atoms with Gasteiger partial charge in [-0.2, -0.15) is 0 Å². The van der Waals surface area contributed by atoms with Gasteiger partial charge in [0.1, 0.15) is 5.01 Å². The van der Waals surface area contributed by atoms with Crippen molar-refractivity contribution >= 4 is 27.1 Å². The zero-order valence-corrected chi connectivity index (χ0v) is 18.7. The Kier molecular flexibility index (Phi) is 5.85. The van der Waals surface area contributed by atoms with Crippen LogP contribution in [0.25, 0.3) is 26.4 Å². The first-order chi connectivity index (χ1) is 13.2. The number of fused-ring (bicyclic) bond motifs is 1. The van der Waals surface area contributed by atoms with Crippen molar-refractivity contribution in [1.29, 1.82) is 0 Å². The smallest absolute Gasteiger partial charge is 0.125 e. The summed E-state index contributed by atoms with van der Waals surface area (Å²) in [5, 5.41) is 1.07. The molecule has 0 atom stereocenters. The van der Waals surface area contributed by atoms with Crippen LogP contribution in [0.1, 0.15) is 81.7 Å². The summed E-state index contributed by atoms with van der Waals surface area (Å²) >= 11 is 1.72. The highest BCUT2D eigenvalue weighted by Gasteiger charge is 2.22. The predicted octanol–water partition coefficient (Wildman–Crippen LogP) is 7.93. The van der Waals surface area contributed by atoms with Crippen molar-refractivity contribution in [1.82, 2.24) is 9.97 Å². The average molecular weight is 391 g/mol. The third-order valence-corrected chi connectivity index (χ3v) is 6.30. The highest BCUT2D eigenvalue weighted by atomic mass is 32.1. The molecule has 0 unspecified atom stereocenters. The molecule has 0 saturated heterocycles. The Balaban J connectivity index is 2.34. The summed E-state index contributed by atoms with van der Waals surface area (Å²) in [5.41, 5.74) is 8.16. The monoisotopic (exact) mass is 390 g/mol. The molecular weight excluding hydrogens is 360 g/mol. The van der Waals surface area contributed by atoms with E-state index in [0.29, 0.717) is 17.8 Å². The van der Waals surface area contributed by atoms with E-state index in [9.17, 15) is 0 Å². The van der Waals surface area contributed by atoms with Gasteiger partial charge < -0.3 is 0 Å². The van der Waals surface area contributed by atoms with E-state index in [4.69, 9.17) is 4.98 Å². The van der Waals surface area contributed by atoms with Crippen LogP contribution >= 0.6 is 11.3 Å². The fraction of sp³-hybridized carbons (Fsp3) is 0.360. The largest absolute Gasteiger partial charge is 0.255 e. The Morgan fingerprint density at radius 3 is 2.11 bits per heavy atom. The van der Waals surface area contributed by atoms with Crippen LogP contribution in [0.15, 0.2) is 43.6 Å². The van der Waals surface area contributed by atoms with Crippen molar-refractivity contribution in [2.24, 2.45) is 0 Å². The average Bonchev–Trinajstić information content (AvgIpc) is 3.09. The first-order valence-corrected chi connectivity index (χ1v) is 10.8. The summed E-state index contributed by atoms with van der Waals surface area (Å²) in [6.45, 7) is 21.6. The molecule has 28 heavy (non-hydrogen) atoms. The first kappa shape index (κ1) is 20.5. The molecule has 0 radical (unpaired) electrons.